The van der Waals surface area contributed by atoms with Crippen molar-refractivity contribution in [2.75, 3.05) is 0 Å². The van der Waals surface area contributed by atoms with Crippen LogP contribution in [-0.2, 0) is 5.33 Å². The van der Waals surface area contributed by atoms with Crippen molar-refractivity contribution in [2.24, 2.45) is 0 Å². The van der Waals surface area contributed by atoms with Gasteiger partial charge in [-0.2, -0.15) is 0 Å². The molecule has 0 aliphatic carbocycles. The van der Waals surface area contributed by atoms with Gasteiger partial charge in [-0.05, 0) is 44.4 Å². The molecule has 0 spiro atoms. The highest BCUT2D eigenvalue weighted by atomic mass is 79.9. The molecule has 0 bridgehead atoms. The lowest BCUT2D eigenvalue weighted by atomic mass is 10.1. The van der Waals surface area contributed by atoms with Gasteiger partial charge in [0.25, 0.3) is 0 Å². The Balaban J connectivity index is 2.87. The second-order valence-electron chi connectivity index (χ2n) is 2.63. The van der Waals surface area contributed by atoms with Gasteiger partial charge in [-0.1, -0.05) is 27.5 Å². The zero-order valence-corrected chi connectivity index (χ0v) is 11.2. The third kappa shape index (κ3) is 1.67. The number of benzene rings is 1. The second-order valence-corrected chi connectivity index (χ2v) is 5.31. The molecule has 0 saturated heterocycles. The molecule has 0 saturated carbocycles. The number of hydrogen-bond donors (Lipinski definition) is 0. The summed E-state index contributed by atoms with van der Waals surface area (Å²) in [6.07, 6.45) is 0. The molecule has 4 heteroatoms. The summed E-state index contributed by atoms with van der Waals surface area (Å²) in [6, 6.07) is 4.12. The van der Waals surface area contributed by atoms with E-state index in [2.05, 4.69) is 43.3 Å². The van der Waals surface area contributed by atoms with Crippen LogP contribution in [0.2, 0.25) is 5.02 Å². The standard InChI is InChI=1S/C9H5Br2ClS/c10-4-5-3-7(12)8(11)9-6(5)1-2-13-9/h1-3H,4H2. The summed E-state index contributed by atoms with van der Waals surface area (Å²) in [4.78, 5) is 0. The first kappa shape index (κ1) is 9.97. The van der Waals surface area contributed by atoms with Gasteiger partial charge < -0.3 is 0 Å². The van der Waals surface area contributed by atoms with Gasteiger partial charge in [-0.15, -0.1) is 11.3 Å². The van der Waals surface area contributed by atoms with E-state index in [0.717, 1.165) is 14.8 Å². The first-order valence-electron chi connectivity index (χ1n) is 3.64. The molecule has 1 heterocycles. The Morgan fingerprint density at radius 2 is 2.23 bits per heavy atom. The lowest BCUT2D eigenvalue weighted by molar-refractivity contribution is 1.49. The van der Waals surface area contributed by atoms with Crippen LogP contribution in [0, 0.1) is 0 Å². The minimum Gasteiger partial charge on any atom is -0.143 e. The maximum atomic E-state index is 6.07. The van der Waals surface area contributed by atoms with Gasteiger partial charge in [0.05, 0.1) is 14.2 Å². The highest BCUT2D eigenvalue weighted by Crippen LogP contribution is 2.37. The van der Waals surface area contributed by atoms with Gasteiger partial charge in [0.1, 0.15) is 0 Å². The zero-order valence-electron chi connectivity index (χ0n) is 6.48. The van der Waals surface area contributed by atoms with Gasteiger partial charge in [-0.3, -0.25) is 0 Å². The van der Waals surface area contributed by atoms with Crippen LogP contribution in [-0.4, -0.2) is 0 Å². The molecule has 13 heavy (non-hydrogen) atoms. The predicted octanol–water partition coefficient (Wildman–Crippen LogP) is 5.21. The Morgan fingerprint density at radius 3 is 2.92 bits per heavy atom. The second kappa shape index (κ2) is 3.89. The van der Waals surface area contributed by atoms with Crippen LogP contribution >= 0.6 is 54.8 Å². The molecular formula is C9H5Br2ClS. The lowest BCUT2D eigenvalue weighted by Gasteiger charge is -2.02. The van der Waals surface area contributed by atoms with Crippen LogP contribution in [0.25, 0.3) is 10.1 Å². The fourth-order valence-corrected chi connectivity index (χ4v) is 3.48. The molecule has 0 aliphatic heterocycles. The Hall–Kier alpha value is 0.430. The van der Waals surface area contributed by atoms with Crippen molar-refractivity contribution in [2.45, 2.75) is 5.33 Å². The van der Waals surface area contributed by atoms with Gasteiger partial charge in [0, 0.05) is 5.33 Å². The number of fused-ring (bicyclic) bond motifs is 1. The fraction of sp³-hybridized carbons (Fsp3) is 0.111. The largest absolute Gasteiger partial charge is 0.143 e. The molecule has 0 radical (unpaired) electrons. The zero-order chi connectivity index (χ0) is 9.42. The molecule has 68 valence electrons. The first-order valence-corrected chi connectivity index (χ1v) is 6.81. The maximum absolute atomic E-state index is 6.07. The molecule has 0 aliphatic rings. The molecule has 2 aromatic rings. The fourth-order valence-electron chi connectivity index (χ4n) is 1.25. The summed E-state index contributed by atoms with van der Waals surface area (Å²) in [5.41, 5.74) is 1.24. The van der Waals surface area contributed by atoms with Crippen LogP contribution in [0.1, 0.15) is 5.56 Å². The topological polar surface area (TPSA) is 0 Å². The van der Waals surface area contributed by atoms with Crippen LogP contribution < -0.4 is 0 Å². The molecule has 0 N–H and O–H groups in total. The van der Waals surface area contributed by atoms with Crippen molar-refractivity contribution in [3.63, 3.8) is 0 Å². The average molecular weight is 340 g/mol. The summed E-state index contributed by atoms with van der Waals surface area (Å²) in [5, 5.41) is 4.98. The number of thiophene rings is 1. The Bertz CT molecular complexity index is 450. The SMILES string of the molecule is Clc1cc(CBr)c2ccsc2c1Br. The first-order chi connectivity index (χ1) is 6.24. The highest BCUT2D eigenvalue weighted by Gasteiger charge is 2.08. The Kier molecular flexibility index (Phi) is 2.98. The third-order valence-electron chi connectivity index (χ3n) is 1.87. The molecule has 0 fully saturated rings. The quantitative estimate of drug-likeness (QED) is 0.625. The van der Waals surface area contributed by atoms with E-state index in [-0.39, 0.29) is 0 Å². The molecule has 0 amide bonds. The number of halogens is 3. The van der Waals surface area contributed by atoms with E-state index in [9.17, 15) is 0 Å². The van der Waals surface area contributed by atoms with Crippen LogP contribution in [0.15, 0.2) is 22.0 Å². The van der Waals surface area contributed by atoms with E-state index < -0.39 is 0 Å². The van der Waals surface area contributed by atoms with E-state index in [1.165, 1.54) is 15.6 Å². The summed E-state index contributed by atoms with van der Waals surface area (Å²) >= 11 is 14.7. The van der Waals surface area contributed by atoms with Crippen LogP contribution in [0.3, 0.4) is 0 Å². The van der Waals surface area contributed by atoms with E-state index >= 15 is 0 Å². The minimum atomic E-state index is 0.782. The molecule has 0 unspecified atom stereocenters. The van der Waals surface area contributed by atoms with Crippen molar-refractivity contribution in [3.8, 4) is 0 Å². The average Bonchev–Trinajstić information content (AvgIpc) is 2.60. The van der Waals surface area contributed by atoms with Gasteiger partial charge in [0.15, 0.2) is 0 Å². The molecule has 1 aromatic carbocycles. The van der Waals surface area contributed by atoms with Gasteiger partial charge >= 0.3 is 0 Å². The maximum Gasteiger partial charge on any atom is 0.0565 e. The normalized spacial score (nSPS) is 11.0. The summed E-state index contributed by atoms with van der Waals surface area (Å²) in [6.45, 7) is 0. The van der Waals surface area contributed by atoms with Crippen molar-refractivity contribution < 1.29 is 0 Å². The molecule has 0 nitrogen and oxygen atoms in total. The predicted molar refractivity (Wildman–Crippen MR) is 67.2 cm³/mol. The number of rotatable bonds is 1. The number of hydrogen-bond acceptors (Lipinski definition) is 1. The van der Waals surface area contributed by atoms with Crippen LogP contribution in [0.5, 0.6) is 0 Å². The van der Waals surface area contributed by atoms with Crippen LogP contribution in [0.4, 0.5) is 0 Å². The minimum absolute atomic E-state index is 0.782. The molecular weight excluding hydrogens is 335 g/mol. The monoisotopic (exact) mass is 338 g/mol. The van der Waals surface area contributed by atoms with Crippen molar-refractivity contribution >= 4 is 64.9 Å². The van der Waals surface area contributed by atoms with E-state index in [1.54, 1.807) is 11.3 Å². The molecule has 1 aromatic heterocycles. The van der Waals surface area contributed by atoms with Crippen molar-refractivity contribution in [1.82, 2.24) is 0 Å². The number of alkyl halides is 1. The highest BCUT2D eigenvalue weighted by molar-refractivity contribution is 9.10. The van der Waals surface area contributed by atoms with E-state index in [1.807, 2.05) is 6.07 Å². The third-order valence-corrected chi connectivity index (χ3v) is 5.01. The van der Waals surface area contributed by atoms with E-state index in [4.69, 9.17) is 11.6 Å². The molecule has 2 rings (SSSR count). The Morgan fingerprint density at radius 1 is 1.46 bits per heavy atom. The Labute approximate surface area is 102 Å². The summed E-state index contributed by atoms with van der Waals surface area (Å²) < 4.78 is 2.23. The van der Waals surface area contributed by atoms with Crippen molar-refractivity contribution in [1.29, 1.82) is 0 Å². The lowest BCUT2D eigenvalue weighted by Crippen LogP contribution is -1.80. The molecule has 0 atom stereocenters. The summed E-state index contributed by atoms with van der Waals surface area (Å²) in [7, 11) is 0. The van der Waals surface area contributed by atoms with Gasteiger partial charge in [-0.25, -0.2) is 0 Å². The van der Waals surface area contributed by atoms with E-state index in [0.29, 0.717) is 0 Å². The smallest absolute Gasteiger partial charge is 0.0565 e. The van der Waals surface area contributed by atoms with Gasteiger partial charge in [0.2, 0.25) is 0 Å². The van der Waals surface area contributed by atoms with Crippen molar-refractivity contribution in [3.05, 3.63) is 32.6 Å². The summed E-state index contributed by atoms with van der Waals surface area (Å²) in [5.74, 6) is 0.